The molecule has 1 unspecified atom stereocenters. The third kappa shape index (κ3) is 14.8. The van der Waals surface area contributed by atoms with Gasteiger partial charge in [-0.05, 0) is 67.3 Å². The second-order valence-electron chi connectivity index (χ2n) is 22.1. The van der Waals surface area contributed by atoms with Crippen LogP contribution in [-0.4, -0.2) is 141 Å². The average Bonchev–Trinajstić information content (AvgIpc) is 1.46. The summed E-state index contributed by atoms with van der Waals surface area (Å²) in [5.74, 6) is -8.74. The van der Waals surface area contributed by atoms with Gasteiger partial charge < -0.3 is 50.3 Å². The topological polar surface area (TPSA) is 342 Å². The molecule has 0 spiro atoms. The number of rotatable bonds is 31. The number of amides is 6. The fraction of sp³-hybridized carbons (Fsp3) is 0.492. The van der Waals surface area contributed by atoms with Crippen LogP contribution in [0.4, 0.5) is 4.39 Å². The lowest BCUT2D eigenvalue weighted by molar-refractivity contribution is -0.172. The molecule has 0 radical (unpaired) electrons. The maximum Gasteiger partial charge on any atom is 0.343 e. The van der Waals surface area contributed by atoms with E-state index in [9.17, 15) is 67.7 Å². The van der Waals surface area contributed by atoms with Gasteiger partial charge in [-0.25, -0.2) is 14.2 Å². The van der Waals surface area contributed by atoms with Crippen LogP contribution < -0.4 is 26.8 Å². The Kier molecular flexibility index (Phi) is 20.8. The normalized spacial score (nSPS) is 18.1. The van der Waals surface area contributed by atoms with Gasteiger partial charge >= 0.3 is 11.9 Å². The number of aliphatic hydroxyl groups is 1. The number of carbonyl (C=O) groups excluding carboxylic acids is 10. The number of carboxylic acids is 1. The highest BCUT2D eigenvalue weighted by atomic mass is 19.1. The van der Waals surface area contributed by atoms with Crippen LogP contribution >= 0.6 is 0 Å². The van der Waals surface area contributed by atoms with Crippen LogP contribution in [0.15, 0.2) is 47.3 Å². The number of fused-ring (bicyclic) bond motifs is 5. The largest absolute Gasteiger partial charge is 0.481 e. The molecule has 5 atom stereocenters. The molecular weight excluding hydrogens is 1120 g/mol. The summed E-state index contributed by atoms with van der Waals surface area (Å²) in [4.78, 5) is 161. The van der Waals surface area contributed by atoms with Crippen LogP contribution in [0.2, 0.25) is 0 Å². The minimum atomic E-state index is -2.08. The Labute approximate surface area is 493 Å². The van der Waals surface area contributed by atoms with Gasteiger partial charge in [0.25, 0.3) is 5.56 Å². The molecule has 6 amide bonds. The van der Waals surface area contributed by atoms with Gasteiger partial charge in [0, 0.05) is 92.5 Å². The predicted molar refractivity (Wildman–Crippen MR) is 302 cm³/mol. The van der Waals surface area contributed by atoms with Crippen LogP contribution in [0, 0.1) is 24.6 Å². The Morgan fingerprint density at radius 1 is 0.849 bits per heavy atom. The van der Waals surface area contributed by atoms with Crippen LogP contribution in [0.25, 0.3) is 22.3 Å². The van der Waals surface area contributed by atoms with Crippen molar-refractivity contribution in [2.24, 2.45) is 11.8 Å². The highest BCUT2D eigenvalue weighted by molar-refractivity contribution is 6.03. The summed E-state index contributed by atoms with van der Waals surface area (Å²) in [6.07, 6.45) is -0.760. The molecule has 5 heterocycles. The lowest BCUT2D eigenvalue weighted by atomic mass is 9.81. The minimum Gasteiger partial charge on any atom is -0.481 e. The molecule has 3 aliphatic heterocycles. The number of hydrogen-bond acceptors (Lipinski definition) is 17. The highest BCUT2D eigenvalue weighted by Gasteiger charge is 2.46. The van der Waals surface area contributed by atoms with Crippen molar-refractivity contribution < 1.29 is 81.6 Å². The zero-order valence-electron chi connectivity index (χ0n) is 48.1. The Hall–Kier alpha value is -8.42. The van der Waals surface area contributed by atoms with E-state index in [-0.39, 0.29) is 131 Å². The number of carboxylic acid groups (broad SMARTS) is 1. The molecule has 1 saturated heterocycles. The number of pyridine rings is 2. The number of hydrogen-bond donors (Lipinski definition) is 6. The molecule has 6 N–H and O–H groups in total. The Bertz CT molecular complexity index is 3440. The lowest BCUT2D eigenvalue weighted by Crippen LogP contribution is -2.44. The zero-order valence-corrected chi connectivity index (χ0v) is 48.1. The van der Waals surface area contributed by atoms with E-state index in [0.29, 0.717) is 63.9 Å². The summed E-state index contributed by atoms with van der Waals surface area (Å²) in [7, 11) is 0. The Balaban J connectivity index is 0.796. The third-order valence-corrected chi connectivity index (χ3v) is 16.2. The number of carbonyl (C=O) groups is 11. The molecule has 458 valence electrons. The van der Waals surface area contributed by atoms with Crippen LogP contribution in [0.5, 0.6) is 0 Å². The van der Waals surface area contributed by atoms with Gasteiger partial charge in [0.1, 0.15) is 18.2 Å². The minimum absolute atomic E-state index is 0.0137. The molecular formula is C61H70FN7O17. The number of aromatic nitrogens is 2. The van der Waals surface area contributed by atoms with Gasteiger partial charge in [0.2, 0.25) is 35.4 Å². The van der Waals surface area contributed by atoms with E-state index in [1.54, 1.807) is 57.2 Å². The number of cyclic esters (lactones) is 1. The zero-order chi connectivity index (χ0) is 62.0. The first-order valence-electron chi connectivity index (χ1n) is 28.8. The number of nitrogens with zero attached hydrogens (tertiary/aromatic N) is 3. The molecule has 2 aromatic heterocycles. The van der Waals surface area contributed by atoms with Crippen molar-refractivity contribution in [3.05, 3.63) is 97.6 Å². The number of nitrogens with one attached hydrogen (secondary N) is 4. The van der Waals surface area contributed by atoms with Crippen LogP contribution in [0.1, 0.15) is 129 Å². The SMILES string of the molecule is CC[C@@]1(O)C(=O)OCc2c1cc1n(c2=O)Cc2c-1nc1cc(F)c(C)c3c1c2[C@@H](NC(=O)CNC(=O)[C@@H](CC(=O)CNC(=O)CCC(=O)[C@H](CC(=O)O)NC(=O)CCOCCOCCCC(=O)CCN1C(=O)CC(C)C1=O)Cc1ccccc1)CC3. The second-order valence-corrected chi connectivity index (χ2v) is 22.1. The predicted octanol–water partition coefficient (Wildman–Crippen LogP) is 2.55. The summed E-state index contributed by atoms with van der Waals surface area (Å²) in [6, 6.07) is 9.48. The number of ether oxygens (including phenoxy) is 3. The quantitative estimate of drug-likeness (QED) is 0.0211. The second kappa shape index (κ2) is 28.2. The maximum absolute atomic E-state index is 15.5. The van der Waals surface area contributed by atoms with Crippen molar-refractivity contribution in [3.8, 4) is 11.4 Å². The van der Waals surface area contributed by atoms with Gasteiger partial charge in [-0.15, -0.1) is 0 Å². The van der Waals surface area contributed by atoms with Gasteiger partial charge in [-0.2, -0.15) is 0 Å². The summed E-state index contributed by atoms with van der Waals surface area (Å²) in [6.45, 7) is 4.01. The Morgan fingerprint density at radius 3 is 2.30 bits per heavy atom. The standard InChI is InChI=1S/C61H70FN7O17/c1-4-61(83)42-26-47-56-40(31-69(47)59(81)41(42)32-86-60(61)82)55-44(13-12-39-34(3)43(62)27-46(67-56)54(39)55)65-51(75)30-64-57(79)36(24-35-9-6-5-7-10-35)25-38(71)29-63-49(73)15-14-48(72)45(28-53(77)78)66-50(74)17-20-85-22-21-84-19-8-11-37(70)16-18-68-52(76)23-33(2)58(68)80/h5-7,9-10,26-27,33,36,44-45,83H,4,8,11-25,28-32H2,1-3H3,(H,63,73)(H,64,79)(H,65,75)(H,66,74)(H,77,78)/t33?,36-,44+,45+,61+/m1/s1. The molecule has 0 bridgehead atoms. The molecule has 1 fully saturated rings. The van der Waals surface area contributed by atoms with Crippen molar-refractivity contribution in [2.45, 2.75) is 135 Å². The molecule has 4 aliphatic rings. The van der Waals surface area contributed by atoms with Crippen molar-refractivity contribution >= 4 is 75.6 Å². The number of esters is 1. The van der Waals surface area contributed by atoms with E-state index >= 15 is 4.39 Å². The summed E-state index contributed by atoms with van der Waals surface area (Å²) in [5, 5.41) is 32.0. The molecule has 25 heteroatoms. The molecule has 2 aromatic carbocycles. The third-order valence-electron chi connectivity index (χ3n) is 16.2. The van der Waals surface area contributed by atoms with E-state index in [1.807, 2.05) is 0 Å². The Morgan fingerprint density at radius 2 is 1.59 bits per heavy atom. The van der Waals surface area contributed by atoms with Gasteiger partial charge in [0.15, 0.2) is 17.2 Å². The smallest absolute Gasteiger partial charge is 0.343 e. The van der Waals surface area contributed by atoms with E-state index in [1.165, 1.54) is 10.6 Å². The van der Waals surface area contributed by atoms with Gasteiger partial charge in [-0.3, -0.25) is 57.6 Å². The number of ketones is 3. The maximum atomic E-state index is 15.5. The first-order chi connectivity index (χ1) is 41.1. The van der Waals surface area contributed by atoms with Gasteiger partial charge in [-0.1, -0.05) is 44.2 Å². The van der Waals surface area contributed by atoms with E-state index in [0.717, 1.165) is 4.90 Å². The molecule has 8 rings (SSSR count). The van der Waals surface area contributed by atoms with Gasteiger partial charge in [0.05, 0.1) is 80.4 Å². The van der Waals surface area contributed by atoms with Crippen molar-refractivity contribution in [3.63, 3.8) is 0 Å². The number of likely N-dealkylation sites (tertiary alicyclic amines) is 1. The summed E-state index contributed by atoms with van der Waals surface area (Å²) >= 11 is 0. The molecule has 86 heavy (non-hydrogen) atoms. The van der Waals surface area contributed by atoms with E-state index in [2.05, 4.69) is 21.3 Å². The number of benzene rings is 2. The molecule has 24 nitrogen and oxygen atoms in total. The van der Waals surface area contributed by atoms with E-state index < -0.39 is 114 Å². The highest BCUT2D eigenvalue weighted by Crippen LogP contribution is 2.46. The number of aryl methyl sites for hydroxylation is 1. The fourth-order valence-corrected chi connectivity index (χ4v) is 11.4. The van der Waals surface area contributed by atoms with E-state index in [4.69, 9.17) is 19.2 Å². The number of Topliss-reactive ketones (excluding diaryl/α,β-unsaturated/α-hetero) is 3. The first kappa shape index (κ1) is 63.6. The first-order valence-corrected chi connectivity index (χ1v) is 28.8. The molecule has 0 saturated carbocycles. The average molecular weight is 1190 g/mol. The summed E-state index contributed by atoms with van der Waals surface area (Å²) in [5.41, 5.74) is 1.54. The number of imide groups is 1. The fourth-order valence-electron chi connectivity index (χ4n) is 11.4. The number of halogens is 1. The lowest BCUT2D eigenvalue weighted by Gasteiger charge is -2.31. The van der Waals surface area contributed by atoms with Crippen molar-refractivity contribution in [2.75, 3.05) is 46.1 Å². The number of aliphatic carboxylic acids is 1. The molecule has 4 aromatic rings. The van der Waals surface area contributed by atoms with Crippen LogP contribution in [0.3, 0.4) is 0 Å². The van der Waals surface area contributed by atoms with Crippen molar-refractivity contribution in [1.29, 1.82) is 0 Å². The monoisotopic (exact) mass is 1190 g/mol. The molecule has 1 aliphatic carbocycles. The summed E-state index contributed by atoms with van der Waals surface area (Å²) < 4.78 is 33.1. The van der Waals surface area contributed by atoms with Crippen molar-refractivity contribution in [1.82, 2.24) is 35.7 Å². The van der Waals surface area contributed by atoms with Crippen LogP contribution in [-0.2, 0) is 98.5 Å².